The van der Waals surface area contributed by atoms with Crippen molar-refractivity contribution in [1.82, 2.24) is 0 Å². The predicted octanol–water partition coefficient (Wildman–Crippen LogP) is 3.19. The van der Waals surface area contributed by atoms with E-state index >= 15 is 0 Å². The molecule has 0 aromatic heterocycles. The summed E-state index contributed by atoms with van der Waals surface area (Å²) in [5.41, 5.74) is 7.91. The summed E-state index contributed by atoms with van der Waals surface area (Å²) in [5, 5.41) is 0. The summed E-state index contributed by atoms with van der Waals surface area (Å²) in [6, 6.07) is 14.9. The number of anilines is 1. The third-order valence-corrected chi connectivity index (χ3v) is 2.60. The number of rotatable bonds is 3. The number of nitrogens with two attached hydrogens (primary N) is 1. The summed E-state index contributed by atoms with van der Waals surface area (Å²) in [6.07, 6.45) is 1.55. The highest BCUT2D eigenvalue weighted by Crippen LogP contribution is 2.14. The molecule has 0 aliphatic carbocycles. The van der Waals surface area contributed by atoms with Gasteiger partial charge in [0, 0.05) is 5.69 Å². The van der Waals surface area contributed by atoms with Crippen LogP contribution in [0.5, 0.6) is 0 Å². The van der Waals surface area contributed by atoms with Crippen LogP contribution in [0.1, 0.15) is 11.1 Å². The second kappa shape index (κ2) is 4.79. The van der Waals surface area contributed by atoms with E-state index < -0.39 is 0 Å². The Kier molecular flexibility index (Phi) is 3.20. The van der Waals surface area contributed by atoms with E-state index in [1.807, 2.05) is 18.2 Å². The summed E-state index contributed by atoms with van der Waals surface area (Å²) in [4.78, 5) is 0. The van der Waals surface area contributed by atoms with Gasteiger partial charge in [-0.1, -0.05) is 36.4 Å². The van der Waals surface area contributed by atoms with Crippen molar-refractivity contribution in [3.8, 4) is 0 Å². The maximum Gasteiger partial charge on any atom is 0.128 e. The molecule has 2 heteroatoms. The average molecular weight is 215 g/mol. The molecule has 0 saturated heterocycles. The van der Waals surface area contributed by atoms with E-state index in [9.17, 15) is 4.39 Å². The molecule has 0 saturated carbocycles. The third-order valence-electron chi connectivity index (χ3n) is 2.60. The minimum atomic E-state index is -0.212. The van der Waals surface area contributed by atoms with Crippen LogP contribution in [0.25, 0.3) is 0 Å². The molecule has 0 unspecified atom stereocenters. The van der Waals surface area contributed by atoms with E-state index in [0.29, 0.717) is 12.1 Å². The SMILES string of the molecule is Nc1ccc(CCc2ccccc2)c(F)c1. The van der Waals surface area contributed by atoms with Gasteiger partial charge in [-0.2, -0.15) is 0 Å². The van der Waals surface area contributed by atoms with Crippen LogP contribution in [0.3, 0.4) is 0 Å². The van der Waals surface area contributed by atoms with Crippen molar-refractivity contribution in [3.05, 3.63) is 65.5 Å². The minimum Gasteiger partial charge on any atom is -0.399 e. The molecule has 0 aliphatic rings. The van der Waals surface area contributed by atoms with E-state index in [4.69, 9.17) is 5.73 Å². The lowest BCUT2D eigenvalue weighted by Gasteiger charge is -2.04. The van der Waals surface area contributed by atoms with Gasteiger partial charge in [0.15, 0.2) is 0 Å². The van der Waals surface area contributed by atoms with E-state index in [0.717, 1.165) is 12.0 Å². The highest BCUT2D eigenvalue weighted by Gasteiger charge is 2.02. The van der Waals surface area contributed by atoms with E-state index in [1.54, 1.807) is 12.1 Å². The maximum absolute atomic E-state index is 13.5. The first-order valence-electron chi connectivity index (χ1n) is 5.33. The molecule has 16 heavy (non-hydrogen) atoms. The van der Waals surface area contributed by atoms with Gasteiger partial charge in [-0.3, -0.25) is 0 Å². The van der Waals surface area contributed by atoms with Gasteiger partial charge in [-0.05, 0) is 36.1 Å². The fourth-order valence-corrected chi connectivity index (χ4v) is 1.69. The second-order valence-corrected chi connectivity index (χ2v) is 3.84. The molecule has 2 rings (SSSR count). The van der Waals surface area contributed by atoms with Gasteiger partial charge in [0.25, 0.3) is 0 Å². The molecule has 1 nitrogen and oxygen atoms in total. The van der Waals surface area contributed by atoms with Crippen LogP contribution in [-0.4, -0.2) is 0 Å². The molecule has 0 aliphatic heterocycles. The summed E-state index contributed by atoms with van der Waals surface area (Å²) in [5.74, 6) is -0.212. The predicted molar refractivity (Wildman–Crippen MR) is 64.7 cm³/mol. The van der Waals surface area contributed by atoms with Crippen LogP contribution in [0, 0.1) is 5.82 Å². The Hall–Kier alpha value is -1.83. The third kappa shape index (κ3) is 2.60. The highest BCUT2D eigenvalue weighted by atomic mass is 19.1. The van der Waals surface area contributed by atoms with Gasteiger partial charge in [0.1, 0.15) is 5.82 Å². The highest BCUT2D eigenvalue weighted by molar-refractivity contribution is 5.40. The molecule has 0 atom stereocenters. The molecule has 0 radical (unpaired) electrons. The fourth-order valence-electron chi connectivity index (χ4n) is 1.69. The lowest BCUT2D eigenvalue weighted by molar-refractivity contribution is 0.609. The lowest BCUT2D eigenvalue weighted by Crippen LogP contribution is -1.96. The number of nitrogen functional groups attached to an aromatic ring is 1. The topological polar surface area (TPSA) is 26.0 Å². The van der Waals surface area contributed by atoms with Gasteiger partial charge in [0.2, 0.25) is 0 Å². The Labute approximate surface area is 94.7 Å². The first-order valence-corrected chi connectivity index (χ1v) is 5.33. The Balaban J connectivity index is 2.05. The van der Waals surface area contributed by atoms with E-state index in [1.165, 1.54) is 11.6 Å². The van der Waals surface area contributed by atoms with Crippen LogP contribution in [0.2, 0.25) is 0 Å². The normalized spacial score (nSPS) is 10.3. The molecule has 0 spiro atoms. The van der Waals surface area contributed by atoms with Crippen molar-refractivity contribution in [2.75, 3.05) is 5.73 Å². The zero-order chi connectivity index (χ0) is 11.4. The Bertz CT molecular complexity index is 465. The molecular formula is C14H14FN. The van der Waals surface area contributed by atoms with E-state index in [2.05, 4.69) is 12.1 Å². The number of hydrogen-bond acceptors (Lipinski definition) is 1. The van der Waals surface area contributed by atoms with Gasteiger partial charge in [-0.25, -0.2) is 4.39 Å². The largest absolute Gasteiger partial charge is 0.399 e. The summed E-state index contributed by atoms with van der Waals surface area (Å²) in [7, 11) is 0. The smallest absolute Gasteiger partial charge is 0.128 e. The van der Waals surface area contributed by atoms with Crippen LogP contribution < -0.4 is 5.73 Å². The Morgan fingerprint density at radius 3 is 2.38 bits per heavy atom. The Morgan fingerprint density at radius 2 is 1.69 bits per heavy atom. The zero-order valence-corrected chi connectivity index (χ0v) is 8.99. The number of benzene rings is 2. The maximum atomic E-state index is 13.5. The molecule has 0 fully saturated rings. The molecule has 2 aromatic carbocycles. The second-order valence-electron chi connectivity index (χ2n) is 3.84. The van der Waals surface area contributed by atoms with Gasteiger partial charge >= 0.3 is 0 Å². The van der Waals surface area contributed by atoms with Crippen molar-refractivity contribution in [3.63, 3.8) is 0 Å². The summed E-state index contributed by atoms with van der Waals surface area (Å²) >= 11 is 0. The molecule has 0 heterocycles. The van der Waals surface area contributed by atoms with Crippen LogP contribution >= 0.6 is 0 Å². The van der Waals surface area contributed by atoms with Crippen LogP contribution in [0.4, 0.5) is 10.1 Å². The zero-order valence-electron chi connectivity index (χ0n) is 8.99. The van der Waals surface area contributed by atoms with E-state index in [-0.39, 0.29) is 5.82 Å². The average Bonchev–Trinajstić information content (AvgIpc) is 2.29. The van der Waals surface area contributed by atoms with Crippen molar-refractivity contribution in [2.24, 2.45) is 0 Å². The monoisotopic (exact) mass is 215 g/mol. The molecular weight excluding hydrogens is 201 g/mol. The van der Waals surface area contributed by atoms with Crippen LogP contribution in [-0.2, 0) is 12.8 Å². The van der Waals surface area contributed by atoms with Gasteiger partial charge in [0.05, 0.1) is 0 Å². The molecule has 2 N–H and O–H groups in total. The van der Waals surface area contributed by atoms with Crippen molar-refractivity contribution in [1.29, 1.82) is 0 Å². The molecule has 0 bridgehead atoms. The lowest BCUT2D eigenvalue weighted by atomic mass is 10.0. The fraction of sp³-hybridized carbons (Fsp3) is 0.143. The summed E-state index contributed by atoms with van der Waals surface area (Å²) in [6.45, 7) is 0. The quantitative estimate of drug-likeness (QED) is 0.782. The standard InChI is InChI=1S/C14H14FN/c15-14-10-13(16)9-8-12(14)7-6-11-4-2-1-3-5-11/h1-5,8-10H,6-7,16H2. The van der Waals surface area contributed by atoms with Crippen LogP contribution in [0.15, 0.2) is 48.5 Å². The molecule has 2 aromatic rings. The van der Waals surface area contributed by atoms with Crippen molar-refractivity contribution in [2.45, 2.75) is 12.8 Å². The van der Waals surface area contributed by atoms with Gasteiger partial charge in [-0.15, -0.1) is 0 Å². The first-order chi connectivity index (χ1) is 7.75. The van der Waals surface area contributed by atoms with Crippen molar-refractivity contribution >= 4 is 5.69 Å². The first kappa shape index (κ1) is 10.7. The summed E-state index contributed by atoms with van der Waals surface area (Å²) < 4.78 is 13.5. The number of halogens is 1. The Morgan fingerprint density at radius 1 is 0.938 bits per heavy atom. The van der Waals surface area contributed by atoms with Crippen molar-refractivity contribution < 1.29 is 4.39 Å². The van der Waals surface area contributed by atoms with Gasteiger partial charge < -0.3 is 5.73 Å². The molecule has 82 valence electrons. The number of aryl methyl sites for hydroxylation is 2. The minimum absolute atomic E-state index is 0.212. The number of hydrogen-bond donors (Lipinski definition) is 1. The molecule has 0 amide bonds.